The molecule has 0 aliphatic heterocycles. The van der Waals surface area contributed by atoms with Crippen molar-refractivity contribution in [3.8, 4) is 0 Å². The molecule has 0 saturated heterocycles. The Bertz CT molecular complexity index is 1420. The van der Waals surface area contributed by atoms with E-state index in [4.69, 9.17) is 4.42 Å². The van der Waals surface area contributed by atoms with Crippen LogP contribution in [0.3, 0.4) is 0 Å². The molecule has 258 valence electrons. The molecular formula is C40H44F6OS. The Morgan fingerprint density at radius 1 is 0.417 bits per heavy atom. The number of benzene rings is 4. The Hall–Kier alpha value is -4.56. The number of halogens is 6. The van der Waals surface area contributed by atoms with Crippen molar-refractivity contribution < 1.29 is 30.8 Å². The summed E-state index contributed by atoms with van der Waals surface area (Å²) >= 11 is 1.78. The highest BCUT2D eigenvalue weighted by atomic mass is 32.1. The van der Waals surface area contributed by atoms with E-state index in [-0.39, 0.29) is 0 Å². The molecule has 0 bridgehead atoms. The molecule has 0 saturated carbocycles. The van der Waals surface area contributed by atoms with E-state index >= 15 is 0 Å². The van der Waals surface area contributed by atoms with Gasteiger partial charge < -0.3 is 4.42 Å². The molecule has 0 unspecified atom stereocenters. The van der Waals surface area contributed by atoms with Crippen molar-refractivity contribution in [1.82, 2.24) is 0 Å². The summed E-state index contributed by atoms with van der Waals surface area (Å²) in [6, 6.07) is 36.9. The minimum Gasteiger partial charge on any atom is -0.470 e. The van der Waals surface area contributed by atoms with Crippen LogP contribution < -0.4 is 0 Å². The normalized spacial score (nSPS) is 9.04. The van der Waals surface area contributed by atoms with Gasteiger partial charge >= 0.3 is 0 Å². The van der Waals surface area contributed by atoms with Crippen LogP contribution in [0.15, 0.2) is 125 Å². The van der Waals surface area contributed by atoms with Gasteiger partial charge in [-0.05, 0) is 72.0 Å². The van der Waals surface area contributed by atoms with Crippen molar-refractivity contribution in [3.05, 3.63) is 188 Å². The number of aryl methyl sites for hydroxylation is 6. The molecule has 0 amide bonds. The first-order valence-corrected chi connectivity index (χ1v) is 15.6. The van der Waals surface area contributed by atoms with Gasteiger partial charge in [0.05, 0.1) is 13.4 Å². The summed E-state index contributed by atoms with van der Waals surface area (Å²) in [4.78, 5) is 1.38. The second-order valence-electron chi connectivity index (χ2n) is 10.1. The zero-order valence-corrected chi connectivity index (χ0v) is 29.4. The summed E-state index contributed by atoms with van der Waals surface area (Å²) in [5.41, 5.74) is 4.43. The Kier molecular flexibility index (Phi) is 23.1. The molecular weight excluding hydrogens is 642 g/mol. The number of thiophene rings is 1. The summed E-state index contributed by atoms with van der Waals surface area (Å²) in [6.07, 6.45) is 1.66. The van der Waals surface area contributed by atoms with Crippen molar-refractivity contribution in [2.24, 2.45) is 0 Å². The third kappa shape index (κ3) is 19.2. The van der Waals surface area contributed by atoms with Crippen LogP contribution in [-0.4, -0.2) is 7.18 Å². The Balaban J connectivity index is 0.000000556. The van der Waals surface area contributed by atoms with Crippen LogP contribution in [0.5, 0.6) is 0 Å². The smallest absolute Gasteiger partial charge is 0.200 e. The average Bonchev–Trinajstić information content (AvgIpc) is 3.79. The van der Waals surface area contributed by atoms with Crippen LogP contribution in [0.2, 0.25) is 0 Å². The number of rotatable bonds is 0. The number of furan rings is 1. The third-order valence-corrected chi connectivity index (χ3v) is 6.66. The van der Waals surface area contributed by atoms with Gasteiger partial charge in [-0.2, -0.15) is 0 Å². The van der Waals surface area contributed by atoms with Gasteiger partial charge in [-0.3, -0.25) is 4.39 Å². The van der Waals surface area contributed by atoms with Crippen LogP contribution in [0, 0.1) is 77.6 Å². The van der Waals surface area contributed by atoms with Gasteiger partial charge in [0.1, 0.15) is 5.76 Å². The highest BCUT2D eigenvalue weighted by Gasteiger charge is 2.22. The average molecular weight is 687 g/mol. The molecule has 0 N–H and O–H groups in total. The molecule has 0 radical (unpaired) electrons. The molecule has 6 rings (SSSR count). The first kappa shape index (κ1) is 43.4. The predicted octanol–water partition coefficient (Wildman–Crippen LogP) is 13.2. The molecule has 0 fully saturated rings. The van der Waals surface area contributed by atoms with Gasteiger partial charge in [0.25, 0.3) is 0 Å². The first-order chi connectivity index (χ1) is 22.8. The monoisotopic (exact) mass is 686 g/mol. The van der Waals surface area contributed by atoms with Gasteiger partial charge in [0.15, 0.2) is 23.3 Å². The quantitative estimate of drug-likeness (QED) is 0.0881. The van der Waals surface area contributed by atoms with Gasteiger partial charge in [-0.1, -0.05) is 113 Å². The van der Waals surface area contributed by atoms with Crippen molar-refractivity contribution in [2.75, 3.05) is 7.18 Å². The van der Waals surface area contributed by atoms with Gasteiger partial charge in [-0.15, -0.1) is 11.3 Å². The molecule has 2 heterocycles. The van der Waals surface area contributed by atoms with Crippen molar-refractivity contribution >= 4 is 11.3 Å². The van der Waals surface area contributed by atoms with E-state index in [0.717, 1.165) is 12.7 Å². The molecule has 48 heavy (non-hydrogen) atoms. The Labute approximate surface area is 285 Å². The third-order valence-electron chi connectivity index (χ3n) is 5.86. The number of hydrogen-bond acceptors (Lipinski definition) is 2. The van der Waals surface area contributed by atoms with E-state index in [1.807, 2.05) is 55.5 Å². The molecule has 0 aliphatic rings. The van der Waals surface area contributed by atoms with Crippen LogP contribution >= 0.6 is 11.3 Å². The summed E-state index contributed by atoms with van der Waals surface area (Å²) in [5.74, 6) is -8.55. The summed E-state index contributed by atoms with van der Waals surface area (Å²) in [7, 11) is 0.500. The topological polar surface area (TPSA) is 13.1 Å². The molecule has 0 aliphatic carbocycles. The highest BCUT2D eigenvalue weighted by molar-refractivity contribution is 7.09. The Morgan fingerprint density at radius 2 is 0.792 bits per heavy atom. The first-order valence-electron chi connectivity index (χ1n) is 14.8. The number of hydrogen-bond donors (Lipinski definition) is 0. The van der Waals surface area contributed by atoms with Crippen molar-refractivity contribution in [2.45, 2.75) is 48.5 Å². The van der Waals surface area contributed by atoms with Crippen LogP contribution in [0.1, 0.15) is 38.5 Å². The fourth-order valence-electron chi connectivity index (χ4n) is 3.14. The molecule has 1 nitrogen and oxygen atoms in total. The lowest BCUT2D eigenvalue weighted by atomic mass is 10.2. The second kappa shape index (κ2) is 25.5. The maximum Gasteiger partial charge on any atom is 0.200 e. The zero-order valence-electron chi connectivity index (χ0n) is 28.6. The van der Waals surface area contributed by atoms with Gasteiger partial charge in [0.2, 0.25) is 5.82 Å². The van der Waals surface area contributed by atoms with Crippen LogP contribution in [-0.2, 0) is 0 Å². The fraction of sp³-hybridized carbons (Fsp3) is 0.200. The van der Waals surface area contributed by atoms with E-state index in [1.54, 1.807) is 17.6 Å². The van der Waals surface area contributed by atoms with Gasteiger partial charge in [-0.25, -0.2) is 22.0 Å². The molecule has 4 aromatic carbocycles. The lowest BCUT2D eigenvalue weighted by Gasteiger charge is -2.02. The van der Waals surface area contributed by atoms with Crippen LogP contribution in [0.25, 0.3) is 0 Å². The van der Waals surface area contributed by atoms with Gasteiger partial charge in [0, 0.05) is 10.4 Å². The van der Waals surface area contributed by atoms with Crippen LogP contribution in [0.4, 0.5) is 26.3 Å². The molecule has 0 spiro atoms. The zero-order chi connectivity index (χ0) is 36.5. The SMILES string of the molecule is CF.Cc1c(F)c(F)c(F)c(F)c1F.Cc1ccc(C)cc1.Cc1ccccc1.Cc1ccccc1.Cc1ccco1.Cc1cccs1. The van der Waals surface area contributed by atoms with E-state index in [2.05, 4.69) is 101 Å². The molecule has 8 heteroatoms. The van der Waals surface area contributed by atoms with E-state index in [0.29, 0.717) is 7.18 Å². The standard InChI is InChI=1S/C8H10.C7H3F5.2C7H8.C5H6O.C5H6S.CH3F/c1-7-3-5-8(2)6-4-7;1-2-3(8)5(10)7(12)6(11)4(2)9;2*1-7-5-3-2-4-6-7;2*1-5-3-2-4-6-5;1-2/h3-6H,1-2H3;1H3;2*2-6H,1H3;2*2-4H,1H3;1H3. The van der Waals surface area contributed by atoms with Crippen molar-refractivity contribution in [1.29, 1.82) is 0 Å². The summed E-state index contributed by atoms with van der Waals surface area (Å²) in [5, 5.41) is 2.08. The Morgan fingerprint density at radius 3 is 1.00 bits per heavy atom. The number of alkyl halides is 1. The minimum atomic E-state index is -2.13. The minimum absolute atomic E-state index is 0.500. The van der Waals surface area contributed by atoms with E-state index in [9.17, 15) is 26.3 Å². The van der Waals surface area contributed by atoms with Crippen molar-refractivity contribution in [3.63, 3.8) is 0 Å². The highest BCUT2D eigenvalue weighted by Crippen LogP contribution is 2.21. The largest absolute Gasteiger partial charge is 0.470 e. The lowest BCUT2D eigenvalue weighted by Crippen LogP contribution is -2.03. The maximum atomic E-state index is 12.4. The lowest BCUT2D eigenvalue weighted by molar-refractivity contribution is 0.373. The predicted molar refractivity (Wildman–Crippen MR) is 189 cm³/mol. The summed E-state index contributed by atoms with van der Waals surface area (Å²) in [6.45, 7) is 13.2. The second-order valence-corrected chi connectivity index (χ2v) is 11.3. The fourth-order valence-corrected chi connectivity index (χ4v) is 3.67. The van der Waals surface area contributed by atoms with E-state index < -0.39 is 34.6 Å². The van der Waals surface area contributed by atoms with E-state index in [1.165, 1.54) is 27.1 Å². The molecule has 0 atom stereocenters. The maximum absolute atomic E-state index is 12.4. The summed E-state index contributed by atoms with van der Waals surface area (Å²) < 4.78 is 75.9. The molecule has 2 aromatic heterocycles. The molecule has 6 aromatic rings.